The van der Waals surface area contributed by atoms with Crippen LogP contribution in [0.3, 0.4) is 0 Å². The van der Waals surface area contributed by atoms with Crippen molar-refractivity contribution in [2.24, 2.45) is 0 Å². The number of rotatable bonds is 3. The molecule has 3 rings (SSSR count). The maximum Gasteiger partial charge on any atom is 0.223 e. The molecule has 0 amide bonds. The summed E-state index contributed by atoms with van der Waals surface area (Å²) in [5.41, 5.74) is 8.48. The Morgan fingerprint density at radius 3 is 2.79 bits per heavy atom. The highest BCUT2D eigenvalue weighted by Gasteiger charge is 2.14. The van der Waals surface area contributed by atoms with Crippen molar-refractivity contribution in [3.8, 4) is 5.75 Å². The second kappa shape index (κ2) is 6.09. The maximum atomic E-state index is 12.1. The number of halogens is 1. The standard InChI is InChI=1S/C16H16ClN5O2/c1-8-6-19-10(9(2)13(8)24-3)7-22-5-4-11(23)12-14(17)20-16(18)21-15(12)22/h4-6H,7H2,1-3H3,(H2,18,20,21). The summed E-state index contributed by atoms with van der Waals surface area (Å²) in [6, 6.07) is 1.43. The molecular weight excluding hydrogens is 330 g/mol. The van der Waals surface area contributed by atoms with Crippen LogP contribution in [0.1, 0.15) is 16.8 Å². The lowest BCUT2D eigenvalue weighted by atomic mass is 10.1. The second-order valence-electron chi connectivity index (χ2n) is 5.43. The van der Waals surface area contributed by atoms with E-state index in [1.54, 1.807) is 24.1 Å². The summed E-state index contributed by atoms with van der Waals surface area (Å²) in [5, 5.41) is 0.285. The van der Waals surface area contributed by atoms with E-state index >= 15 is 0 Å². The SMILES string of the molecule is COc1c(C)cnc(Cn2ccc(=O)c3c(Cl)nc(N)nc32)c1C. The molecule has 0 radical (unpaired) electrons. The van der Waals surface area contributed by atoms with Gasteiger partial charge in [0.25, 0.3) is 0 Å². The molecule has 3 aromatic heterocycles. The zero-order chi connectivity index (χ0) is 17.4. The Labute approximate surface area is 143 Å². The second-order valence-corrected chi connectivity index (χ2v) is 5.78. The molecule has 0 aliphatic rings. The Balaban J connectivity index is 2.19. The first-order valence-electron chi connectivity index (χ1n) is 7.23. The third-order valence-corrected chi connectivity index (χ3v) is 4.13. The summed E-state index contributed by atoms with van der Waals surface area (Å²) in [7, 11) is 1.63. The van der Waals surface area contributed by atoms with Gasteiger partial charge in [-0.2, -0.15) is 4.98 Å². The highest BCUT2D eigenvalue weighted by atomic mass is 35.5. The summed E-state index contributed by atoms with van der Waals surface area (Å²) in [6.07, 6.45) is 3.39. The minimum Gasteiger partial charge on any atom is -0.496 e. The van der Waals surface area contributed by atoms with Crippen LogP contribution >= 0.6 is 11.6 Å². The molecule has 0 saturated carbocycles. The van der Waals surface area contributed by atoms with Gasteiger partial charge in [0, 0.05) is 29.6 Å². The number of nitrogen functional groups attached to an aromatic ring is 1. The zero-order valence-corrected chi connectivity index (χ0v) is 14.3. The van der Waals surface area contributed by atoms with Gasteiger partial charge in [-0.1, -0.05) is 11.6 Å². The highest BCUT2D eigenvalue weighted by Crippen LogP contribution is 2.25. The lowest BCUT2D eigenvalue weighted by Gasteiger charge is -2.15. The minimum atomic E-state index is -0.252. The van der Waals surface area contributed by atoms with Crippen LogP contribution < -0.4 is 15.9 Å². The number of pyridine rings is 2. The van der Waals surface area contributed by atoms with Crippen molar-refractivity contribution in [1.29, 1.82) is 0 Å². The number of ether oxygens (including phenoxy) is 1. The Morgan fingerprint density at radius 1 is 1.33 bits per heavy atom. The fraction of sp³-hybridized carbons (Fsp3) is 0.250. The van der Waals surface area contributed by atoms with E-state index in [1.165, 1.54) is 6.07 Å². The molecule has 124 valence electrons. The minimum absolute atomic E-state index is 0.0121. The molecular formula is C16H16ClN5O2. The van der Waals surface area contributed by atoms with Gasteiger partial charge in [0.1, 0.15) is 16.3 Å². The van der Waals surface area contributed by atoms with E-state index in [0.29, 0.717) is 12.2 Å². The molecule has 0 aliphatic carbocycles. The molecule has 0 aromatic carbocycles. The predicted octanol–water partition coefficient (Wildman–Crippen LogP) is 2.10. The van der Waals surface area contributed by atoms with E-state index in [2.05, 4.69) is 15.0 Å². The molecule has 0 saturated heterocycles. The molecule has 0 fully saturated rings. The first kappa shape index (κ1) is 16.2. The van der Waals surface area contributed by atoms with Crippen LogP contribution in [0.2, 0.25) is 5.15 Å². The van der Waals surface area contributed by atoms with Crippen LogP contribution in [0.4, 0.5) is 5.95 Å². The molecule has 24 heavy (non-hydrogen) atoms. The lowest BCUT2D eigenvalue weighted by Crippen LogP contribution is -2.14. The smallest absolute Gasteiger partial charge is 0.223 e. The van der Waals surface area contributed by atoms with Gasteiger partial charge in [0.2, 0.25) is 5.95 Å². The number of aryl methyl sites for hydroxylation is 1. The van der Waals surface area contributed by atoms with Crippen molar-refractivity contribution < 1.29 is 4.74 Å². The summed E-state index contributed by atoms with van der Waals surface area (Å²) >= 11 is 6.06. The molecule has 3 aromatic rings. The predicted molar refractivity (Wildman–Crippen MR) is 92.6 cm³/mol. The molecule has 2 N–H and O–H groups in total. The Hall–Kier alpha value is -2.67. The number of nitrogens with zero attached hydrogens (tertiary/aromatic N) is 4. The van der Waals surface area contributed by atoms with Crippen LogP contribution in [0.5, 0.6) is 5.75 Å². The van der Waals surface area contributed by atoms with Gasteiger partial charge in [-0.25, -0.2) is 4.98 Å². The molecule has 0 bridgehead atoms. The van der Waals surface area contributed by atoms with Crippen molar-refractivity contribution in [3.05, 3.63) is 50.7 Å². The van der Waals surface area contributed by atoms with Gasteiger partial charge in [0.15, 0.2) is 11.1 Å². The summed E-state index contributed by atoms with van der Waals surface area (Å²) in [5.74, 6) is 0.801. The maximum absolute atomic E-state index is 12.1. The van der Waals surface area contributed by atoms with Crippen LogP contribution in [0.25, 0.3) is 11.0 Å². The fourth-order valence-electron chi connectivity index (χ4n) is 2.69. The van der Waals surface area contributed by atoms with Gasteiger partial charge in [0.05, 0.1) is 19.3 Å². The number of hydrogen-bond donors (Lipinski definition) is 1. The molecule has 0 aliphatic heterocycles. The third kappa shape index (κ3) is 2.67. The Kier molecular flexibility index (Phi) is 4.11. The number of hydrogen-bond acceptors (Lipinski definition) is 6. The Bertz CT molecular complexity index is 1000. The average Bonchev–Trinajstić information content (AvgIpc) is 2.52. The quantitative estimate of drug-likeness (QED) is 0.730. The first-order valence-corrected chi connectivity index (χ1v) is 7.61. The summed E-state index contributed by atoms with van der Waals surface area (Å²) in [6.45, 7) is 4.27. The average molecular weight is 346 g/mol. The van der Waals surface area contributed by atoms with Crippen LogP contribution in [-0.4, -0.2) is 26.6 Å². The van der Waals surface area contributed by atoms with Gasteiger partial charge in [-0.05, 0) is 13.8 Å². The van der Waals surface area contributed by atoms with Crippen LogP contribution in [-0.2, 0) is 6.54 Å². The number of fused-ring (bicyclic) bond motifs is 1. The normalized spacial score (nSPS) is 11.0. The monoisotopic (exact) mass is 345 g/mol. The summed E-state index contributed by atoms with van der Waals surface area (Å²) < 4.78 is 7.20. The first-order chi connectivity index (χ1) is 11.4. The van der Waals surface area contributed by atoms with E-state index < -0.39 is 0 Å². The number of methoxy groups -OCH3 is 1. The topological polar surface area (TPSA) is 95.9 Å². The van der Waals surface area contributed by atoms with Gasteiger partial charge in [-0.15, -0.1) is 0 Å². The number of aromatic nitrogens is 4. The van der Waals surface area contributed by atoms with E-state index in [0.717, 1.165) is 22.6 Å². The van der Waals surface area contributed by atoms with Crippen molar-refractivity contribution >= 4 is 28.6 Å². The molecule has 0 atom stereocenters. The van der Waals surface area contributed by atoms with Gasteiger partial charge in [-0.3, -0.25) is 9.78 Å². The van der Waals surface area contributed by atoms with Crippen molar-refractivity contribution in [3.63, 3.8) is 0 Å². The fourth-order valence-corrected chi connectivity index (χ4v) is 2.95. The molecule has 7 nitrogen and oxygen atoms in total. The molecule has 0 spiro atoms. The van der Waals surface area contributed by atoms with Crippen LogP contribution in [0.15, 0.2) is 23.3 Å². The van der Waals surface area contributed by atoms with Gasteiger partial charge < -0.3 is 15.0 Å². The van der Waals surface area contributed by atoms with E-state index in [-0.39, 0.29) is 21.9 Å². The number of nitrogens with two attached hydrogens (primary N) is 1. The summed E-state index contributed by atoms with van der Waals surface area (Å²) in [4.78, 5) is 24.6. The largest absolute Gasteiger partial charge is 0.496 e. The molecule has 8 heteroatoms. The van der Waals surface area contributed by atoms with Crippen molar-refractivity contribution in [2.75, 3.05) is 12.8 Å². The molecule has 0 unspecified atom stereocenters. The highest BCUT2D eigenvalue weighted by molar-refractivity contribution is 6.34. The van der Waals surface area contributed by atoms with Crippen molar-refractivity contribution in [2.45, 2.75) is 20.4 Å². The molecule has 3 heterocycles. The Morgan fingerprint density at radius 2 is 2.08 bits per heavy atom. The van der Waals surface area contributed by atoms with E-state index in [9.17, 15) is 4.79 Å². The van der Waals surface area contributed by atoms with E-state index in [4.69, 9.17) is 22.1 Å². The van der Waals surface area contributed by atoms with Crippen LogP contribution in [0, 0.1) is 13.8 Å². The number of anilines is 1. The van der Waals surface area contributed by atoms with E-state index in [1.807, 2.05) is 13.8 Å². The zero-order valence-electron chi connectivity index (χ0n) is 13.5. The lowest BCUT2D eigenvalue weighted by molar-refractivity contribution is 0.406. The van der Waals surface area contributed by atoms with Crippen molar-refractivity contribution in [1.82, 2.24) is 19.5 Å². The van der Waals surface area contributed by atoms with Gasteiger partial charge >= 0.3 is 0 Å². The third-order valence-electron chi connectivity index (χ3n) is 3.86.